The van der Waals surface area contributed by atoms with Gasteiger partial charge in [0.1, 0.15) is 0 Å². The molecule has 0 saturated carbocycles. The van der Waals surface area contributed by atoms with Gasteiger partial charge in [-0.15, -0.1) is 0 Å². The molecule has 100 valence electrons. The molecule has 1 aliphatic rings. The third-order valence-electron chi connectivity index (χ3n) is 3.19. The van der Waals surface area contributed by atoms with E-state index >= 15 is 0 Å². The predicted molar refractivity (Wildman–Crippen MR) is 75.9 cm³/mol. The summed E-state index contributed by atoms with van der Waals surface area (Å²) < 4.78 is 6.15. The van der Waals surface area contributed by atoms with E-state index < -0.39 is 5.60 Å². The number of ether oxygens (including phenoxy) is 1. The van der Waals surface area contributed by atoms with E-state index in [0.717, 1.165) is 16.6 Å². The highest BCUT2D eigenvalue weighted by molar-refractivity contribution is 9.10. The van der Waals surface area contributed by atoms with Gasteiger partial charge in [0.15, 0.2) is 0 Å². The zero-order valence-corrected chi connectivity index (χ0v) is 12.4. The monoisotopic (exact) mass is 333 g/mol. The molecule has 0 amide bonds. The zero-order valence-electron chi connectivity index (χ0n) is 10.1. The molecule has 0 unspecified atom stereocenters. The summed E-state index contributed by atoms with van der Waals surface area (Å²) in [6.45, 7) is 2.60. The van der Waals surface area contributed by atoms with Gasteiger partial charge >= 0.3 is 0 Å². The number of rotatable bonds is 4. The summed E-state index contributed by atoms with van der Waals surface area (Å²) in [4.78, 5) is 0. The third kappa shape index (κ3) is 3.93. The van der Waals surface area contributed by atoms with Crippen molar-refractivity contribution in [1.82, 2.24) is 5.32 Å². The van der Waals surface area contributed by atoms with Gasteiger partial charge in [-0.25, -0.2) is 0 Å². The van der Waals surface area contributed by atoms with E-state index in [-0.39, 0.29) is 0 Å². The first-order valence-electron chi connectivity index (χ1n) is 6.04. The number of hydrogen-bond acceptors (Lipinski definition) is 3. The van der Waals surface area contributed by atoms with Gasteiger partial charge in [0.25, 0.3) is 0 Å². The van der Waals surface area contributed by atoms with Crippen molar-refractivity contribution in [3.8, 4) is 0 Å². The second-order valence-corrected chi connectivity index (χ2v) is 5.95. The number of halogens is 2. The van der Waals surface area contributed by atoms with Crippen LogP contribution in [-0.2, 0) is 11.3 Å². The van der Waals surface area contributed by atoms with Gasteiger partial charge in [-0.3, -0.25) is 0 Å². The fourth-order valence-electron chi connectivity index (χ4n) is 2.02. The molecular weight excluding hydrogens is 318 g/mol. The van der Waals surface area contributed by atoms with Crippen molar-refractivity contribution < 1.29 is 9.84 Å². The van der Waals surface area contributed by atoms with Crippen LogP contribution in [0.25, 0.3) is 0 Å². The third-order valence-corrected chi connectivity index (χ3v) is 4.40. The molecule has 3 nitrogen and oxygen atoms in total. The first-order valence-corrected chi connectivity index (χ1v) is 7.21. The fraction of sp³-hybridized carbons (Fsp3) is 0.538. The second-order valence-electron chi connectivity index (χ2n) is 4.69. The van der Waals surface area contributed by atoms with Gasteiger partial charge in [0.2, 0.25) is 0 Å². The van der Waals surface area contributed by atoms with E-state index in [1.54, 1.807) is 0 Å². The summed E-state index contributed by atoms with van der Waals surface area (Å²) in [5.41, 5.74) is 0.518. The summed E-state index contributed by atoms with van der Waals surface area (Å²) in [5, 5.41) is 14.3. The summed E-state index contributed by atoms with van der Waals surface area (Å²) in [5.74, 6) is 0. The van der Waals surface area contributed by atoms with Crippen LogP contribution in [0.1, 0.15) is 18.4 Å². The lowest BCUT2D eigenvalue weighted by Gasteiger charge is -2.32. The lowest BCUT2D eigenvalue weighted by atomic mass is 9.94. The molecule has 18 heavy (non-hydrogen) atoms. The average Bonchev–Trinajstić information content (AvgIpc) is 2.34. The standard InChI is InChI=1S/C13H17BrClNO2/c14-11-7-10(1-2-12(11)15)8-16-9-13(17)3-5-18-6-4-13/h1-2,7,16-17H,3-6,8-9H2. The predicted octanol–water partition coefficient (Wildman–Crippen LogP) is 2.73. The Hall–Kier alpha value is -0.130. The maximum absolute atomic E-state index is 10.3. The fourth-order valence-corrected chi connectivity index (χ4v) is 2.56. The number of nitrogens with one attached hydrogen (secondary N) is 1. The van der Waals surface area contributed by atoms with Crippen LogP contribution in [0.5, 0.6) is 0 Å². The SMILES string of the molecule is OC1(CNCc2ccc(Cl)c(Br)c2)CCOCC1. The highest BCUT2D eigenvalue weighted by Gasteiger charge is 2.28. The first-order chi connectivity index (χ1) is 8.59. The Bertz CT molecular complexity index is 408. The van der Waals surface area contributed by atoms with Gasteiger partial charge < -0.3 is 15.2 Å². The van der Waals surface area contributed by atoms with Crippen LogP contribution in [0.2, 0.25) is 5.02 Å². The lowest BCUT2D eigenvalue weighted by molar-refractivity contribution is -0.0617. The quantitative estimate of drug-likeness (QED) is 0.889. The molecule has 1 heterocycles. The number of benzene rings is 1. The van der Waals surface area contributed by atoms with Gasteiger partial charge in [0.05, 0.1) is 10.6 Å². The Labute approximate surface area is 121 Å². The second kappa shape index (κ2) is 6.35. The molecule has 0 radical (unpaired) electrons. The molecule has 1 aromatic carbocycles. The largest absolute Gasteiger partial charge is 0.388 e. The summed E-state index contributed by atoms with van der Waals surface area (Å²) in [6, 6.07) is 5.84. The van der Waals surface area contributed by atoms with Crippen LogP contribution in [0.3, 0.4) is 0 Å². The van der Waals surface area contributed by atoms with Crippen LogP contribution in [0.4, 0.5) is 0 Å². The van der Waals surface area contributed by atoms with Crippen molar-refractivity contribution in [1.29, 1.82) is 0 Å². The average molecular weight is 335 g/mol. The van der Waals surface area contributed by atoms with Crippen LogP contribution < -0.4 is 5.32 Å². The molecule has 0 bridgehead atoms. The van der Waals surface area contributed by atoms with Crippen molar-refractivity contribution >= 4 is 27.5 Å². The molecule has 1 aliphatic heterocycles. The van der Waals surface area contributed by atoms with Crippen molar-refractivity contribution in [3.63, 3.8) is 0 Å². The molecule has 5 heteroatoms. The molecule has 1 saturated heterocycles. The van der Waals surface area contributed by atoms with Gasteiger partial charge in [-0.1, -0.05) is 17.7 Å². The molecule has 0 spiro atoms. The van der Waals surface area contributed by atoms with Crippen LogP contribution >= 0.6 is 27.5 Å². The number of hydrogen-bond donors (Lipinski definition) is 2. The van der Waals surface area contributed by atoms with E-state index in [1.165, 1.54) is 0 Å². The number of aliphatic hydroxyl groups is 1. The maximum Gasteiger partial charge on any atom is 0.0815 e. The molecule has 2 N–H and O–H groups in total. The molecule has 1 aromatic rings. The molecule has 1 fully saturated rings. The minimum absolute atomic E-state index is 0.594. The molecule has 2 rings (SSSR count). The Balaban J connectivity index is 1.82. The minimum atomic E-state index is -0.623. The van der Waals surface area contributed by atoms with Crippen molar-refractivity contribution in [2.75, 3.05) is 19.8 Å². The van der Waals surface area contributed by atoms with Gasteiger partial charge in [-0.2, -0.15) is 0 Å². The van der Waals surface area contributed by atoms with E-state index in [2.05, 4.69) is 21.2 Å². The maximum atomic E-state index is 10.3. The Morgan fingerprint density at radius 2 is 2.11 bits per heavy atom. The zero-order chi connectivity index (χ0) is 13.0. The summed E-state index contributed by atoms with van der Waals surface area (Å²) >= 11 is 9.34. The van der Waals surface area contributed by atoms with E-state index in [1.807, 2.05) is 18.2 Å². The van der Waals surface area contributed by atoms with Crippen LogP contribution in [-0.4, -0.2) is 30.5 Å². The normalized spacial score (nSPS) is 18.8. The van der Waals surface area contributed by atoms with Crippen molar-refractivity contribution in [3.05, 3.63) is 33.3 Å². The van der Waals surface area contributed by atoms with Crippen LogP contribution in [0.15, 0.2) is 22.7 Å². The molecule has 0 atom stereocenters. The van der Waals surface area contributed by atoms with E-state index in [0.29, 0.717) is 37.6 Å². The van der Waals surface area contributed by atoms with E-state index in [9.17, 15) is 5.11 Å². The Kier molecular flexibility index (Phi) is 5.04. The summed E-state index contributed by atoms with van der Waals surface area (Å²) in [6.07, 6.45) is 1.40. The smallest absolute Gasteiger partial charge is 0.0815 e. The highest BCUT2D eigenvalue weighted by Crippen LogP contribution is 2.23. The summed E-state index contributed by atoms with van der Waals surface area (Å²) in [7, 11) is 0. The van der Waals surface area contributed by atoms with E-state index in [4.69, 9.17) is 16.3 Å². The minimum Gasteiger partial charge on any atom is -0.388 e. The Morgan fingerprint density at radius 1 is 1.39 bits per heavy atom. The van der Waals surface area contributed by atoms with Crippen molar-refractivity contribution in [2.45, 2.75) is 25.0 Å². The van der Waals surface area contributed by atoms with Gasteiger partial charge in [0, 0.05) is 43.6 Å². The highest BCUT2D eigenvalue weighted by atomic mass is 79.9. The van der Waals surface area contributed by atoms with Crippen molar-refractivity contribution in [2.24, 2.45) is 0 Å². The first kappa shape index (κ1) is 14.3. The van der Waals surface area contributed by atoms with Gasteiger partial charge in [-0.05, 0) is 33.6 Å². The Morgan fingerprint density at radius 3 is 2.78 bits per heavy atom. The lowest BCUT2D eigenvalue weighted by Crippen LogP contribution is -2.44. The molecule has 0 aliphatic carbocycles. The molecule has 0 aromatic heterocycles. The van der Waals surface area contributed by atoms with Crippen LogP contribution in [0, 0.1) is 0 Å². The molecular formula is C13H17BrClNO2. The topological polar surface area (TPSA) is 41.5 Å².